The molecule has 2 aromatic carbocycles. The highest BCUT2D eigenvalue weighted by atomic mass is 16.5. The summed E-state index contributed by atoms with van der Waals surface area (Å²) in [6.45, 7) is -0.604. The lowest BCUT2D eigenvalue weighted by Gasteiger charge is -2.09. The third-order valence-electron chi connectivity index (χ3n) is 4.95. The zero-order valence-corrected chi connectivity index (χ0v) is 16.7. The molecule has 0 spiro atoms. The summed E-state index contributed by atoms with van der Waals surface area (Å²) in [7, 11) is 1.42. The highest BCUT2D eigenvalue weighted by Crippen LogP contribution is 2.23. The Labute approximate surface area is 174 Å². The summed E-state index contributed by atoms with van der Waals surface area (Å²) in [5, 5.41) is 2.14. The fraction of sp³-hybridized carbons (Fsp3) is 0.304. The molecule has 0 radical (unpaired) electrons. The van der Waals surface area contributed by atoms with Crippen LogP contribution in [0.3, 0.4) is 0 Å². The van der Waals surface area contributed by atoms with Crippen molar-refractivity contribution < 1.29 is 28.7 Å². The van der Waals surface area contributed by atoms with E-state index in [0.29, 0.717) is 11.3 Å². The van der Waals surface area contributed by atoms with Gasteiger partial charge < -0.3 is 9.47 Å². The highest BCUT2D eigenvalue weighted by molar-refractivity contribution is 6.06. The van der Waals surface area contributed by atoms with Gasteiger partial charge in [0.05, 0.1) is 19.1 Å². The van der Waals surface area contributed by atoms with Crippen molar-refractivity contribution >= 4 is 23.6 Å². The number of hydrogen-bond acceptors (Lipinski definition) is 6. The molecule has 7 heteroatoms. The fourth-order valence-electron chi connectivity index (χ4n) is 3.39. The molecule has 0 aromatic heterocycles. The lowest BCUT2D eigenvalue weighted by Crippen LogP contribution is -2.34. The number of esters is 1. The number of nitrogens with one attached hydrogen (secondary N) is 1. The van der Waals surface area contributed by atoms with E-state index in [1.54, 1.807) is 24.3 Å². The zero-order chi connectivity index (χ0) is 21.5. The molecule has 156 valence electrons. The minimum atomic E-state index is -0.760. The average molecular weight is 409 g/mol. The normalized spacial score (nSPS) is 12.0. The molecule has 0 fully saturated rings. The summed E-state index contributed by atoms with van der Waals surface area (Å²) in [6, 6.07) is 12.1. The second-order valence-electron chi connectivity index (χ2n) is 7.00. The van der Waals surface area contributed by atoms with Gasteiger partial charge in [-0.25, -0.2) is 0 Å². The molecule has 2 amide bonds. The number of para-hydroxylation sites is 1. The number of rotatable bonds is 8. The van der Waals surface area contributed by atoms with E-state index in [2.05, 4.69) is 5.32 Å². The van der Waals surface area contributed by atoms with Gasteiger partial charge in [0.2, 0.25) is 0 Å². The van der Waals surface area contributed by atoms with Gasteiger partial charge in [-0.2, -0.15) is 0 Å². The molecule has 0 unspecified atom stereocenters. The predicted octanol–water partition coefficient (Wildman–Crippen LogP) is 2.65. The van der Waals surface area contributed by atoms with Gasteiger partial charge in [-0.3, -0.25) is 24.5 Å². The van der Waals surface area contributed by atoms with Gasteiger partial charge in [-0.1, -0.05) is 24.3 Å². The molecule has 0 atom stereocenters. The van der Waals surface area contributed by atoms with Gasteiger partial charge in [-0.05, 0) is 48.6 Å². The van der Waals surface area contributed by atoms with E-state index in [1.165, 1.54) is 24.3 Å². The lowest BCUT2D eigenvalue weighted by atomic mass is 10.0. The summed E-state index contributed by atoms with van der Waals surface area (Å²) in [4.78, 5) is 48.2. The van der Waals surface area contributed by atoms with Gasteiger partial charge in [0.25, 0.3) is 11.8 Å². The van der Waals surface area contributed by atoms with Crippen LogP contribution >= 0.6 is 0 Å². The molecule has 3 rings (SSSR count). The summed E-state index contributed by atoms with van der Waals surface area (Å²) < 4.78 is 9.94. The van der Waals surface area contributed by atoms with E-state index in [4.69, 9.17) is 9.47 Å². The number of aryl methyl sites for hydroxylation is 2. The first kappa shape index (κ1) is 21.2. The minimum absolute atomic E-state index is 0.000611. The molecular formula is C23H23NO6. The van der Waals surface area contributed by atoms with Crippen LogP contribution in [0.15, 0.2) is 42.5 Å². The van der Waals surface area contributed by atoms with E-state index in [0.717, 1.165) is 19.3 Å². The third kappa shape index (κ3) is 5.31. The van der Waals surface area contributed by atoms with Crippen LogP contribution in [0.2, 0.25) is 0 Å². The van der Waals surface area contributed by atoms with Crippen molar-refractivity contribution in [2.45, 2.75) is 32.1 Å². The molecule has 0 bridgehead atoms. The van der Waals surface area contributed by atoms with E-state index >= 15 is 0 Å². The summed E-state index contributed by atoms with van der Waals surface area (Å²) in [5.74, 6) is -1.91. The number of fused-ring (bicyclic) bond motifs is 1. The first-order chi connectivity index (χ1) is 14.5. The number of benzene rings is 2. The topological polar surface area (TPSA) is 98.8 Å². The van der Waals surface area contributed by atoms with Crippen LogP contribution in [-0.4, -0.2) is 37.3 Å². The Morgan fingerprint density at radius 2 is 1.73 bits per heavy atom. The van der Waals surface area contributed by atoms with Gasteiger partial charge in [0.1, 0.15) is 5.75 Å². The van der Waals surface area contributed by atoms with Gasteiger partial charge in [0, 0.05) is 12.0 Å². The number of imide groups is 1. The van der Waals surface area contributed by atoms with Gasteiger partial charge in [-0.15, -0.1) is 0 Å². The highest BCUT2D eigenvalue weighted by Gasteiger charge is 2.18. The number of methoxy groups -OCH3 is 1. The van der Waals surface area contributed by atoms with Crippen LogP contribution < -0.4 is 10.1 Å². The van der Waals surface area contributed by atoms with Crippen molar-refractivity contribution in [3.05, 3.63) is 64.7 Å². The van der Waals surface area contributed by atoms with Crippen LogP contribution in [0.4, 0.5) is 0 Å². The molecule has 30 heavy (non-hydrogen) atoms. The Hall–Kier alpha value is -3.48. The average Bonchev–Trinajstić information content (AvgIpc) is 3.23. The molecule has 0 heterocycles. The Morgan fingerprint density at radius 1 is 0.967 bits per heavy atom. The number of ether oxygens (including phenoxy) is 2. The fourth-order valence-corrected chi connectivity index (χ4v) is 3.39. The molecule has 0 aliphatic heterocycles. The maximum absolute atomic E-state index is 12.3. The maximum atomic E-state index is 12.3. The standard InChI is InChI=1S/C23H23NO6/c1-29-20-8-3-2-7-18(20)23(28)24-21(26)14-30-22(27)12-11-19(25)17-10-9-15-5-4-6-16(15)13-17/h2-3,7-10,13H,4-6,11-12,14H2,1H3,(H,24,26,28). The molecule has 1 aliphatic carbocycles. The predicted molar refractivity (Wildman–Crippen MR) is 108 cm³/mol. The minimum Gasteiger partial charge on any atom is -0.496 e. The van der Waals surface area contributed by atoms with Crippen molar-refractivity contribution in [2.24, 2.45) is 0 Å². The number of carbonyl (C=O) groups excluding carboxylic acids is 4. The molecule has 2 aromatic rings. The van der Waals surface area contributed by atoms with Crippen molar-refractivity contribution in [1.82, 2.24) is 5.32 Å². The molecule has 7 nitrogen and oxygen atoms in total. The van der Waals surface area contributed by atoms with E-state index < -0.39 is 24.4 Å². The number of hydrogen-bond donors (Lipinski definition) is 1. The number of carbonyl (C=O) groups is 4. The van der Waals surface area contributed by atoms with Crippen molar-refractivity contribution in [3.8, 4) is 5.75 Å². The summed E-state index contributed by atoms with van der Waals surface area (Å²) in [5.41, 5.74) is 3.25. The SMILES string of the molecule is COc1ccccc1C(=O)NC(=O)COC(=O)CCC(=O)c1ccc2c(c1)CCC2. The number of Topliss-reactive ketones (excluding diaryl/α,β-unsaturated/α-hetero) is 1. The van der Waals surface area contributed by atoms with Crippen molar-refractivity contribution in [2.75, 3.05) is 13.7 Å². The first-order valence-corrected chi connectivity index (χ1v) is 9.75. The van der Waals surface area contributed by atoms with E-state index in [9.17, 15) is 19.2 Å². The monoisotopic (exact) mass is 409 g/mol. The Morgan fingerprint density at radius 3 is 2.53 bits per heavy atom. The molecular weight excluding hydrogens is 386 g/mol. The Bertz CT molecular complexity index is 981. The van der Waals surface area contributed by atoms with Crippen molar-refractivity contribution in [1.29, 1.82) is 0 Å². The first-order valence-electron chi connectivity index (χ1n) is 9.75. The Kier molecular flexibility index (Phi) is 6.95. The molecule has 0 saturated heterocycles. The molecule has 1 aliphatic rings. The quantitative estimate of drug-likeness (QED) is 0.532. The second kappa shape index (κ2) is 9.82. The summed E-state index contributed by atoms with van der Waals surface area (Å²) >= 11 is 0. The van der Waals surface area contributed by atoms with E-state index in [1.807, 2.05) is 12.1 Å². The lowest BCUT2D eigenvalue weighted by molar-refractivity contribution is -0.148. The largest absolute Gasteiger partial charge is 0.496 e. The zero-order valence-electron chi connectivity index (χ0n) is 16.7. The molecule has 0 saturated carbocycles. The third-order valence-corrected chi connectivity index (χ3v) is 4.95. The van der Waals surface area contributed by atoms with Crippen LogP contribution in [-0.2, 0) is 27.2 Å². The Balaban J connectivity index is 1.42. The smallest absolute Gasteiger partial charge is 0.306 e. The van der Waals surface area contributed by atoms with Crippen LogP contribution in [0.25, 0.3) is 0 Å². The molecule has 1 N–H and O–H groups in total. The number of amides is 2. The van der Waals surface area contributed by atoms with Crippen LogP contribution in [0.5, 0.6) is 5.75 Å². The summed E-state index contributed by atoms with van der Waals surface area (Å²) in [6.07, 6.45) is 2.98. The van der Waals surface area contributed by atoms with E-state index in [-0.39, 0.29) is 24.2 Å². The van der Waals surface area contributed by atoms with Crippen molar-refractivity contribution in [3.63, 3.8) is 0 Å². The number of ketones is 1. The van der Waals surface area contributed by atoms with Crippen LogP contribution in [0, 0.1) is 0 Å². The van der Waals surface area contributed by atoms with Gasteiger partial charge in [0.15, 0.2) is 12.4 Å². The maximum Gasteiger partial charge on any atom is 0.306 e. The van der Waals surface area contributed by atoms with Crippen LogP contribution in [0.1, 0.15) is 51.1 Å². The second-order valence-corrected chi connectivity index (χ2v) is 7.00. The van der Waals surface area contributed by atoms with Gasteiger partial charge >= 0.3 is 5.97 Å².